The summed E-state index contributed by atoms with van der Waals surface area (Å²) in [7, 11) is 1.95. The molecule has 0 spiro atoms. The van der Waals surface area contributed by atoms with Gasteiger partial charge in [-0.25, -0.2) is 8.78 Å². The van der Waals surface area contributed by atoms with E-state index in [9.17, 15) is 8.78 Å². The smallest absolute Gasteiger partial charge is 0.130 e. The summed E-state index contributed by atoms with van der Waals surface area (Å²) >= 11 is 0. The maximum atomic E-state index is 13.3. The summed E-state index contributed by atoms with van der Waals surface area (Å²) in [5, 5.41) is 3.16. The van der Waals surface area contributed by atoms with Gasteiger partial charge < -0.3 is 5.32 Å². The topological polar surface area (TPSA) is 15.3 Å². The molecule has 0 radical (unpaired) electrons. The fraction of sp³-hybridized carbons (Fsp3) is 0.455. The lowest BCUT2D eigenvalue weighted by molar-refractivity contribution is 0.171. The maximum Gasteiger partial charge on any atom is 0.130 e. The molecule has 1 aliphatic heterocycles. The first-order valence-electron chi connectivity index (χ1n) is 5.01. The zero-order valence-electron chi connectivity index (χ0n) is 8.63. The Morgan fingerprint density at radius 1 is 1.40 bits per heavy atom. The lowest BCUT2D eigenvalue weighted by Crippen LogP contribution is -2.55. The minimum Gasteiger partial charge on any atom is -0.314 e. The van der Waals surface area contributed by atoms with Crippen LogP contribution in [0.4, 0.5) is 8.78 Å². The summed E-state index contributed by atoms with van der Waals surface area (Å²) < 4.78 is 26.0. The lowest BCUT2D eigenvalue weighted by atomic mass is 10.1. The van der Waals surface area contributed by atoms with Crippen LogP contribution >= 0.6 is 0 Å². The van der Waals surface area contributed by atoms with Gasteiger partial charge in [-0.3, -0.25) is 4.90 Å². The highest BCUT2D eigenvalue weighted by Gasteiger charge is 2.21. The average Bonchev–Trinajstić information content (AvgIpc) is 2.07. The normalized spacial score (nSPS) is 16.8. The monoisotopic (exact) mass is 212 g/mol. The van der Waals surface area contributed by atoms with Gasteiger partial charge in [-0.2, -0.15) is 0 Å². The van der Waals surface area contributed by atoms with Gasteiger partial charge in [0.2, 0.25) is 0 Å². The Labute approximate surface area is 87.9 Å². The molecule has 0 unspecified atom stereocenters. The van der Waals surface area contributed by atoms with E-state index in [0.717, 1.165) is 19.2 Å². The van der Waals surface area contributed by atoms with Crippen LogP contribution in [0.15, 0.2) is 18.2 Å². The van der Waals surface area contributed by atoms with Crippen molar-refractivity contribution in [2.24, 2.45) is 0 Å². The molecule has 0 amide bonds. The third-order valence-corrected chi connectivity index (χ3v) is 2.82. The second-order valence-electron chi connectivity index (χ2n) is 3.96. The quantitative estimate of drug-likeness (QED) is 0.814. The third kappa shape index (κ3) is 2.33. The molecule has 2 rings (SSSR count). The number of hydrogen-bond donors (Lipinski definition) is 1. The first-order chi connectivity index (χ1) is 7.16. The van der Waals surface area contributed by atoms with Crippen LogP contribution in [-0.2, 0) is 6.54 Å². The molecule has 0 atom stereocenters. The van der Waals surface area contributed by atoms with Gasteiger partial charge in [0.05, 0.1) is 0 Å². The van der Waals surface area contributed by atoms with Gasteiger partial charge in [0.15, 0.2) is 0 Å². The molecule has 4 heteroatoms. The average molecular weight is 212 g/mol. The fourth-order valence-electron chi connectivity index (χ4n) is 1.63. The van der Waals surface area contributed by atoms with Crippen molar-refractivity contribution in [1.82, 2.24) is 10.2 Å². The Kier molecular flexibility index (Phi) is 2.98. The van der Waals surface area contributed by atoms with Crippen molar-refractivity contribution in [3.05, 3.63) is 35.4 Å². The highest BCUT2D eigenvalue weighted by molar-refractivity contribution is 5.18. The number of nitrogens with zero attached hydrogens (tertiary/aromatic N) is 1. The molecule has 82 valence electrons. The van der Waals surface area contributed by atoms with E-state index >= 15 is 0 Å². The summed E-state index contributed by atoms with van der Waals surface area (Å²) in [6.45, 7) is 2.41. The largest absolute Gasteiger partial charge is 0.314 e. The van der Waals surface area contributed by atoms with Crippen LogP contribution in [0.2, 0.25) is 0 Å². The zero-order chi connectivity index (χ0) is 10.8. The van der Waals surface area contributed by atoms with Gasteiger partial charge in [-0.15, -0.1) is 0 Å². The minimum atomic E-state index is -0.524. The second-order valence-corrected chi connectivity index (χ2v) is 3.96. The number of hydrogen-bond acceptors (Lipinski definition) is 2. The van der Waals surface area contributed by atoms with Crippen LogP contribution in [0.3, 0.4) is 0 Å². The summed E-state index contributed by atoms with van der Waals surface area (Å²) in [5.41, 5.74) is 0.547. The first kappa shape index (κ1) is 10.5. The van der Waals surface area contributed by atoms with Gasteiger partial charge in [0.1, 0.15) is 11.6 Å². The molecule has 2 nitrogen and oxygen atoms in total. The fourth-order valence-corrected chi connectivity index (χ4v) is 1.63. The van der Waals surface area contributed by atoms with Crippen LogP contribution < -0.4 is 5.32 Å². The Balaban J connectivity index is 2.03. The minimum absolute atomic E-state index is 0.464. The highest BCUT2D eigenvalue weighted by atomic mass is 19.1. The van der Waals surface area contributed by atoms with E-state index < -0.39 is 11.6 Å². The van der Waals surface area contributed by atoms with E-state index in [4.69, 9.17) is 0 Å². The summed E-state index contributed by atoms with van der Waals surface area (Å²) in [5.74, 6) is -0.988. The SMILES string of the molecule is CN(Cc1ccc(F)cc1F)C1CNC1. The van der Waals surface area contributed by atoms with Crippen molar-refractivity contribution in [3.8, 4) is 0 Å². The number of halogens is 2. The molecule has 0 aliphatic carbocycles. The number of nitrogens with one attached hydrogen (secondary N) is 1. The number of rotatable bonds is 3. The van der Waals surface area contributed by atoms with Gasteiger partial charge in [0.25, 0.3) is 0 Å². The summed E-state index contributed by atoms with van der Waals surface area (Å²) in [4.78, 5) is 2.08. The van der Waals surface area contributed by atoms with E-state index in [2.05, 4.69) is 10.2 Å². The predicted octanol–water partition coefficient (Wildman–Crippen LogP) is 1.37. The Hall–Kier alpha value is -1.00. The van der Waals surface area contributed by atoms with Crippen LogP contribution in [0.5, 0.6) is 0 Å². The van der Waals surface area contributed by atoms with Crippen molar-refractivity contribution in [3.63, 3.8) is 0 Å². The molecular formula is C11H14F2N2. The van der Waals surface area contributed by atoms with Crippen LogP contribution in [0, 0.1) is 11.6 Å². The standard InChI is InChI=1S/C11H14F2N2/c1-15(10-5-14-6-10)7-8-2-3-9(12)4-11(8)13/h2-4,10,14H,5-7H2,1H3. The second kappa shape index (κ2) is 4.24. The Morgan fingerprint density at radius 3 is 2.67 bits per heavy atom. The molecule has 1 heterocycles. The molecule has 1 aromatic rings. The molecule has 15 heavy (non-hydrogen) atoms. The highest BCUT2D eigenvalue weighted by Crippen LogP contribution is 2.13. The molecule has 1 N–H and O–H groups in total. The van der Waals surface area contributed by atoms with E-state index in [1.807, 2.05) is 7.05 Å². The molecule has 0 saturated carbocycles. The number of likely N-dealkylation sites (N-methyl/N-ethyl adjacent to an activating group) is 1. The Bertz CT molecular complexity index is 350. The van der Waals surface area contributed by atoms with Crippen molar-refractivity contribution in [1.29, 1.82) is 0 Å². The van der Waals surface area contributed by atoms with Crippen LogP contribution in [-0.4, -0.2) is 31.1 Å². The molecule has 1 saturated heterocycles. The van der Waals surface area contributed by atoms with E-state index in [1.54, 1.807) is 0 Å². The number of benzene rings is 1. The Morgan fingerprint density at radius 2 is 2.13 bits per heavy atom. The molecule has 1 aromatic carbocycles. The molecule has 0 bridgehead atoms. The predicted molar refractivity (Wildman–Crippen MR) is 54.5 cm³/mol. The van der Waals surface area contributed by atoms with Gasteiger partial charge in [-0.05, 0) is 13.1 Å². The van der Waals surface area contributed by atoms with Crippen LogP contribution in [0.25, 0.3) is 0 Å². The van der Waals surface area contributed by atoms with Crippen molar-refractivity contribution in [2.45, 2.75) is 12.6 Å². The maximum absolute atomic E-state index is 13.3. The van der Waals surface area contributed by atoms with E-state index in [-0.39, 0.29) is 0 Å². The molecule has 1 aliphatic rings. The lowest BCUT2D eigenvalue weighted by Gasteiger charge is -2.35. The zero-order valence-corrected chi connectivity index (χ0v) is 8.63. The third-order valence-electron chi connectivity index (χ3n) is 2.82. The van der Waals surface area contributed by atoms with E-state index in [1.165, 1.54) is 12.1 Å². The molecule has 0 aromatic heterocycles. The van der Waals surface area contributed by atoms with Crippen LogP contribution in [0.1, 0.15) is 5.56 Å². The molecular weight excluding hydrogens is 198 g/mol. The summed E-state index contributed by atoms with van der Waals surface area (Å²) in [6, 6.07) is 4.20. The first-order valence-corrected chi connectivity index (χ1v) is 5.01. The summed E-state index contributed by atoms with van der Waals surface area (Å²) in [6.07, 6.45) is 0. The van der Waals surface area contributed by atoms with Gasteiger partial charge in [-0.1, -0.05) is 6.07 Å². The van der Waals surface area contributed by atoms with Gasteiger partial charge >= 0.3 is 0 Å². The van der Waals surface area contributed by atoms with Crippen molar-refractivity contribution in [2.75, 3.05) is 20.1 Å². The van der Waals surface area contributed by atoms with Crippen molar-refractivity contribution < 1.29 is 8.78 Å². The molecule has 1 fully saturated rings. The van der Waals surface area contributed by atoms with Crippen molar-refractivity contribution >= 4 is 0 Å². The van der Waals surface area contributed by atoms with E-state index in [0.29, 0.717) is 18.2 Å². The van der Waals surface area contributed by atoms with Gasteiger partial charge in [0, 0.05) is 37.3 Å².